The molecule has 0 aromatic carbocycles. The second-order valence-corrected chi connectivity index (χ2v) is 8.65. The number of pyridine rings is 1. The van der Waals surface area contributed by atoms with Crippen LogP contribution in [0.4, 0.5) is 0 Å². The lowest BCUT2D eigenvalue weighted by atomic mass is 9.78. The molecule has 5 heterocycles. The Morgan fingerprint density at radius 2 is 2.10 bits per heavy atom. The van der Waals surface area contributed by atoms with E-state index in [1.165, 1.54) is 18.6 Å². The molecule has 2 aliphatic rings. The van der Waals surface area contributed by atoms with Gasteiger partial charge >= 0.3 is 0 Å². The van der Waals surface area contributed by atoms with Gasteiger partial charge in [-0.05, 0) is 40.9 Å². The van der Waals surface area contributed by atoms with Crippen molar-refractivity contribution >= 4 is 23.2 Å². The number of fused-ring (bicyclic) bond motifs is 4. The number of piperidine rings is 1. The Bertz CT molecular complexity index is 1120. The summed E-state index contributed by atoms with van der Waals surface area (Å²) in [6.07, 6.45) is 3.69. The first-order chi connectivity index (χ1) is 14.6. The van der Waals surface area contributed by atoms with Gasteiger partial charge in [-0.1, -0.05) is 6.07 Å². The molecule has 7 nitrogen and oxygen atoms in total. The summed E-state index contributed by atoms with van der Waals surface area (Å²) >= 11 is 1.58. The standard InChI is InChI=1S/C22H21N3O4S/c26-19-3-1-2-18-16-8-17(11-24(10-16)22(28)15-4-6-29-12-15)20(25(18)19)21(27)23-9-14-5-7-30-13-14/h1-7,12-13,16-17,20H,8-11H2,(H,23,27)/t16-,17+,20-/m1/s1. The number of thiophene rings is 1. The molecule has 0 spiro atoms. The monoisotopic (exact) mass is 423 g/mol. The summed E-state index contributed by atoms with van der Waals surface area (Å²) in [7, 11) is 0. The van der Waals surface area contributed by atoms with E-state index in [0.717, 1.165) is 17.7 Å². The molecule has 1 saturated heterocycles. The van der Waals surface area contributed by atoms with E-state index in [-0.39, 0.29) is 29.2 Å². The zero-order chi connectivity index (χ0) is 20.7. The van der Waals surface area contributed by atoms with Crippen LogP contribution in [-0.2, 0) is 11.3 Å². The van der Waals surface area contributed by atoms with Crippen molar-refractivity contribution in [3.8, 4) is 0 Å². The highest BCUT2D eigenvalue weighted by Gasteiger charge is 2.44. The minimum atomic E-state index is -0.636. The van der Waals surface area contributed by atoms with Gasteiger partial charge in [-0.15, -0.1) is 0 Å². The molecular formula is C22H21N3O4S. The minimum Gasteiger partial charge on any atom is -0.472 e. The van der Waals surface area contributed by atoms with Gasteiger partial charge in [0.25, 0.3) is 11.5 Å². The number of nitrogens with zero attached hydrogens (tertiary/aromatic N) is 2. The van der Waals surface area contributed by atoms with Crippen molar-refractivity contribution < 1.29 is 14.0 Å². The zero-order valence-electron chi connectivity index (χ0n) is 16.2. The van der Waals surface area contributed by atoms with Crippen LogP contribution >= 0.6 is 11.3 Å². The van der Waals surface area contributed by atoms with Crippen molar-refractivity contribution in [1.29, 1.82) is 0 Å². The third kappa shape index (κ3) is 3.27. The van der Waals surface area contributed by atoms with E-state index in [1.54, 1.807) is 32.9 Å². The third-order valence-electron chi connectivity index (χ3n) is 6.02. The summed E-state index contributed by atoms with van der Waals surface area (Å²) in [5, 5.41) is 6.94. The lowest BCUT2D eigenvalue weighted by Crippen LogP contribution is -2.54. The predicted octanol–water partition coefficient (Wildman–Crippen LogP) is 2.62. The lowest BCUT2D eigenvalue weighted by molar-refractivity contribution is -0.127. The van der Waals surface area contributed by atoms with Crippen molar-refractivity contribution in [2.75, 3.05) is 13.1 Å². The summed E-state index contributed by atoms with van der Waals surface area (Å²) < 4.78 is 6.70. The van der Waals surface area contributed by atoms with Crippen LogP contribution in [0.5, 0.6) is 0 Å². The van der Waals surface area contributed by atoms with Crippen LogP contribution < -0.4 is 10.9 Å². The number of carbonyl (C=O) groups excluding carboxylic acids is 2. The van der Waals surface area contributed by atoms with Gasteiger partial charge in [0.05, 0.1) is 11.8 Å². The Balaban J connectivity index is 1.47. The summed E-state index contributed by atoms with van der Waals surface area (Å²) in [5.74, 6) is -0.400. The largest absolute Gasteiger partial charge is 0.472 e. The topological polar surface area (TPSA) is 84.6 Å². The van der Waals surface area contributed by atoms with E-state index in [0.29, 0.717) is 25.2 Å². The number of likely N-dealkylation sites (tertiary alicyclic amines) is 1. The minimum absolute atomic E-state index is 0.0226. The maximum Gasteiger partial charge on any atom is 0.257 e. The second-order valence-electron chi connectivity index (χ2n) is 7.87. The molecule has 3 aromatic rings. The van der Waals surface area contributed by atoms with Gasteiger partial charge in [-0.2, -0.15) is 11.3 Å². The Kier molecular flexibility index (Phi) is 4.78. The van der Waals surface area contributed by atoms with E-state index in [2.05, 4.69) is 5.32 Å². The van der Waals surface area contributed by atoms with E-state index in [9.17, 15) is 14.4 Å². The summed E-state index contributed by atoms with van der Waals surface area (Å²) in [5.41, 5.74) is 2.17. The fraction of sp³-hybridized carbons (Fsp3) is 0.318. The average molecular weight is 423 g/mol. The molecule has 0 radical (unpaired) electrons. The Hall–Kier alpha value is -3.13. The molecule has 0 unspecified atom stereocenters. The number of furan rings is 1. The van der Waals surface area contributed by atoms with Crippen molar-refractivity contribution in [3.05, 3.63) is 80.8 Å². The highest BCUT2D eigenvalue weighted by atomic mass is 32.1. The average Bonchev–Trinajstić information content (AvgIpc) is 3.46. The molecule has 154 valence electrons. The van der Waals surface area contributed by atoms with Gasteiger partial charge < -0.3 is 14.6 Å². The van der Waals surface area contributed by atoms with Gasteiger partial charge in [0.2, 0.25) is 5.91 Å². The Morgan fingerprint density at radius 3 is 2.87 bits per heavy atom. The van der Waals surface area contributed by atoms with Crippen LogP contribution in [0.1, 0.15) is 40.0 Å². The highest BCUT2D eigenvalue weighted by molar-refractivity contribution is 7.07. The maximum absolute atomic E-state index is 13.2. The maximum atomic E-state index is 13.2. The molecule has 1 N–H and O–H groups in total. The molecule has 5 rings (SSSR count). The molecule has 30 heavy (non-hydrogen) atoms. The molecule has 2 amide bonds. The van der Waals surface area contributed by atoms with E-state index in [1.807, 2.05) is 22.9 Å². The smallest absolute Gasteiger partial charge is 0.257 e. The first-order valence-corrected chi connectivity index (χ1v) is 10.9. The number of hydrogen-bond acceptors (Lipinski definition) is 5. The second kappa shape index (κ2) is 7.60. The van der Waals surface area contributed by atoms with Crippen molar-refractivity contribution in [2.24, 2.45) is 5.92 Å². The number of carbonyl (C=O) groups is 2. The number of aromatic nitrogens is 1. The van der Waals surface area contributed by atoms with E-state index >= 15 is 0 Å². The van der Waals surface area contributed by atoms with Gasteiger partial charge in [0, 0.05) is 43.2 Å². The molecule has 3 aromatic heterocycles. The van der Waals surface area contributed by atoms with E-state index in [4.69, 9.17) is 4.42 Å². The van der Waals surface area contributed by atoms with Gasteiger partial charge in [-0.25, -0.2) is 0 Å². The lowest BCUT2D eigenvalue weighted by Gasteiger charge is -2.46. The number of hydrogen-bond donors (Lipinski definition) is 1. The summed E-state index contributed by atoms with van der Waals surface area (Å²) in [6, 6.07) is 8.10. The predicted molar refractivity (Wildman–Crippen MR) is 111 cm³/mol. The Morgan fingerprint density at radius 1 is 1.20 bits per heavy atom. The number of nitrogens with one attached hydrogen (secondary N) is 1. The van der Waals surface area contributed by atoms with Crippen molar-refractivity contribution in [3.63, 3.8) is 0 Å². The SMILES string of the molecule is O=C(NCc1ccsc1)[C@H]1[C@H]2C[C@H](CN(C(=O)c3ccoc3)C2)c2cccc(=O)n21. The van der Waals surface area contributed by atoms with Crippen LogP contribution in [0.15, 0.2) is 62.8 Å². The molecule has 2 bridgehead atoms. The molecule has 3 atom stereocenters. The normalized spacial score (nSPS) is 22.4. The molecule has 1 fully saturated rings. The van der Waals surface area contributed by atoms with Crippen LogP contribution in [0.2, 0.25) is 0 Å². The molecule has 2 aliphatic heterocycles. The molecule has 8 heteroatoms. The zero-order valence-corrected chi connectivity index (χ0v) is 17.0. The van der Waals surface area contributed by atoms with Crippen molar-refractivity contribution in [1.82, 2.24) is 14.8 Å². The summed E-state index contributed by atoms with van der Waals surface area (Å²) in [4.78, 5) is 40.7. The summed E-state index contributed by atoms with van der Waals surface area (Å²) in [6.45, 7) is 1.37. The Labute approximate surface area is 176 Å². The highest BCUT2D eigenvalue weighted by Crippen LogP contribution is 2.41. The number of amides is 2. The van der Waals surface area contributed by atoms with Gasteiger partial charge in [-0.3, -0.25) is 19.0 Å². The first kappa shape index (κ1) is 18.9. The fourth-order valence-electron chi connectivity index (χ4n) is 4.69. The van der Waals surface area contributed by atoms with Gasteiger partial charge in [0.15, 0.2) is 0 Å². The van der Waals surface area contributed by atoms with Crippen LogP contribution in [0, 0.1) is 5.92 Å². The van der Waals surface area contributed by atoms with Crippen molar-refractivity contribution in [2.45, 2.75) is 24.9 Å². The van der Waals surface area contributed by atoms with Gasteiger partial charge in [0.1, 0.15) is 12.3 Å². The van der Waals surface area contributed by atoms with Crippen LogP contribution in [-0.4, -0.2) is 34.4 Å². The number of rotatable bonds is 4. The van der Waals surface area contributed by atoms with Crippen LogP contribution in [0.25, 0.3) is 0 Å². The quantitative estimate of drug-likeness (QED) is 0.699. The molecule has 0 saturated carbocycles. The third-order valence-corrected chi connectivity index (χ3v) is 6.75. The molecular weight excluding hydrogens is 402 g/mol. The molecule has 0 aliphatic carbocycles. The van der Waals surface area contributed by atoms with E-state index < -0.39 is 6.04 Å². The first-order valence-electron chi connectivity index (χ1n) is 9.93. The van der Waals surface area contributed by atoms with Crippen LogP contribution in [0.3, 0.4) is 0 Å². The fourth-order valence-corrected chi connectivity index (χ4v) is 5.36.